The standard InChI is InChI=1S/C11H13N5O/c1-8-4-6-16(14-8)7-9-3-2-5-13-10(9)11(12)15-17/h2-6,17H,7H2,1H3,(H2,12,15). The van der Waals surface area contributed by atoms with Crippen LogP contribution in [0, 0.1) is 6.92 Å². The van der Waals surface area contributed by atoms with E-state index in [1.807, 2.05) is 25.3 Å². The number of oxime groups is 1. The van der Waals surface area contributed by atoms with E-state index in [1.165, 1.54) is 0 Å². The van der Waals surface area contributed by atoms with Gasteiger partial charge in [0.1, 0.15) is 5.69 Å². The normalized spacial score (nSPS) is 11.7. The van der Waals surface area contributed by atoms with Crippen LogP contribution in [0.5, 0.6) is 0 Å². The van der Waals surface area contributed by atoms with Gasteiger partial charge < -0.3 is 10.9 Å². The Kier molecular flexibility index (Phi) is 3.04. The Bertz CT molecular complexity index is 546. The molecule has 0 fully saturated rings. The van der Waals surface area contributed by atoms with E-state index in [0.717, 1.165) is 11.3 Å². The van der Waals surface area contributed by atoms with Gasteiger partial charge in [0.2, 0.25) is 0 Å². The van der Waals surface area contributed by atoms with E-state index in [4.69, 9.17) is 10.9 Å². The van der Waals surface area contributed by atoms with Crippen LogP contribution in [0.25, 0.3) is 0 Å². The lowest BCUT2D eigenvalue weighted by molar-refractivity contribution is 0.318. The largest absolute Gasteiger partial charge is 0.409 e. The number of rotatable bonds is 3. The lowest BCUT2D eigenvalue weighted by atomic mass is 10.2. The summed E-state index contributed by atoms with van der Waals surface area (Å²) in [5, 5.41) is 15.9. The minimum Gasteiger partial charge on any atom is -0.409 e. The Morgan fingerprint density at radius 2 is 2.35 bits per heavy atom. The summed E-state index contributed by atoms with van der Waals surface area (Å²) in [5.74, 6) is 0.00415. The predicted octanol–water partition coefficient (Wildman–Crippen LogP) is 0.729. The van der Waals surface area contributed by atoms with Crippen molar-refractivity contribution in [3.05, 3.63) is 47.5 Å². The monoisotopic (exact) mass is 231 g/mol. The molecule has 0 radical (unpaired) electrons. The Morgan fingerprint density at radius 1 is 1.53 bits per heavy atom. The zero-order chi connectivity index (χ0) is 12.3. The topological polar surface area (TPSA) is 89.3 Å². The third-order valence-electron chi connectivity index (χ3n) is 2.35. The molecule has 0 aliphatic carbocycles. The van der Waals surface area contributed by atoms with E-state index in [9.17, 15) is 0 Å². The fourth-order valence-corrected chi connectivity index (χ4v) is 1.57. The molecule has 0 bridgehead atoms. The Hall–Kier alpha value is -2.37. The fraction of sp³-hybridized carbons (Fsp3) is 0.182. The molecule has 2 rings (SSSR count). The third kappa shape index (κ3) is 2.41. The summed E-state index contributed by atoms with van der Waals surface area (Å²) in [6, 6.07) is 5.59. The molecule has 0 amide bonds. The van der Waals surface area contributed by atoms with Crippen molar-refractivity contribution in [1.29, 1.82) is 0 Å². The average molecular weight is 231 g/mol. The molecular weight excluding hydrogens is 218 g/mol. The van der Waals surface area contributed by atoms with Crippen molar-refractivity contribution >= 4 is 5.84 Å². The van der Waals surface area contributed by atoms with Gasteiger partial charge in [-0.2, -0.15) is 5.10 Å². The summed E-state index contributed by atoms with van der Waals surface area (Å²) >= 11 is 0. The Morgan fingerprint density at radius 3 is 3.00 bits per heavy atom. The average Bonchev–Trinajstić information content (AvgIpc) is 2.74. The summed E-state index contributed by atoms with van der Waals surface area (Å²) in [6.07, 6.45) is 3.48. The van der Waals surface area contributed by atoms with Crippen LogP contribution in [0.3, 0.4) is 0 Å². The zero-order valence-corrected chi connectivity index (χ0v) is 9.41. The SMILES string of the molecule is Cc1ccn(Cc2cccnc2C(N)=NO)n1. The highest BCUT2D eigenvalue weighted by Gasteiger charge is 2.08. The highest BCUT2D eigenvalue weighted by Crippen LogP contribution is 2.07. The van der Waals surface area contributed by atoms with Crippen molar-refractivity contribution in [3.63, 3.8) is 0 Å². The first-order valence-corrected chi connectivity index (χ1v) is 5.12. The van der Waals surface area contributed by atoms with E-state index in [-0.39, 0.29) is 5.84 Å². The van der Waals surface area contributed by atoms with Gasteiger partial charge in [0.15, 0.2) is 5.84 Å². The third-order valence-corrected chi connectivity index (χ3v) is 2.35. The van der Waals surface area contributed by atoms with E-state index < -0.39 is 0 Å². The predicted molar refractivity (Wildman–Crippen MR) is 62.8 cm³/mol. The second-order valence-electron chi connectivity index (χ2n) is 3.65. The molecule has 0 saturated heterocycles. The molecule has 0 saturated carbocycles. The molecule has 2 aromatic rings. The van der Waals surface area contributed by atoms with Crippen molar-refractivity contribution in [3.8, 4) is 0 Å². The molecule has 0 spiro atoms. The van der Waals surface area contributed by atoms with Crippen LogP contribution in [0.1, 0.15) is 17.0 Å². The second-order valence-corrected chi connectivity index (χ2v) is 3.65. The first-order chi connectivity index (χ1) is 8.20. The van der Waals surface area contributed by atoms with Crippen LogP contribution in [0.15, 0.2) is 35.7 Å². The zero-order valence-electron chi connectivity index (χ0n) is 9.41. The van der Waals surface area contributed by atoms with Gasteiger partial charge in [-0.15, -0.1) is 0 Å². The van der Waals surface area contributed by atoms with Gasteiger partial charge in [0.05, 0.1) is 12.2 Å². The number of amidine groups is 1. The molecule has 0 aromatic carbocycles. The summed E-state index contributed by atoms with van der Waals surface area (Å²) < 4.78 is 1.78. The van der Waals surface area contributed by atoms with Crippen LogP contribution >= 0.6 is 0 Å². The van der Waals surface area contributed by atoms with E-state index >= 15 is 0 Å². The van der Waals surface area contributed by atoms with Crippen molar-refractivity contribution in [2.45, 2.75) is 13.5 Å². The lowest BCUT2D eigenvalue weighted by Crippen LogP contribution is -2.18. The van der Waals surface area contributed by atoms with Gasteiger partial charge in [0.25, 0.3) is 0 Å². The minimum absolute atomic E-state index is 0.00415. The highest BCUT2D eigenvalue weighted by atomic mass is 16.4. The Labute approximate surface area is 98.4 Å². The molecule has 3 N–H and O–H groups in total. The molecule has 0 aliphatic heterocycles. The smallest absolute Gasteiger partial charge is 0.189 e. The van der Waals surface area contributed by atoms with Crippen molar-refractivity contribution in [2.24, 2.45) is 10.9 Å². The molecule has 88 valence electrons. The van der Waals surface area contributed by atoms with Gasteiger partial charge in [-0.05, 0) is 19.1 Å². The maximum Gasteiger partial charge on any atom is 0.189 e. The van der Waals surface area contributed by atoms with Gasteiger partial charge in [-0.1, -0.05) is 11.2 Å². The van der Waals surface area contributed by atoms with Gasteiger partial charge >= 0.3 is 0 Å². The van der Waals surface area contributed by atoms with Crippen LogP contribution in [-0.2, 0) is 6.54 Å². The molecule has 6 heteroatoms. The van der Waals surface area contributed by atoms with Crippen LogP contribution in [0.2, 0.25) is 0 Å². The van der Waals surface area contributed by atoms with Crippen molar-refractivity contribution in [1.82, 2.24) is 14.8 Å². The first kappa shape index (κ1) is 11.1. The summed E-state index contributed by atoms with van der Waals surface area (Å²) in [4.78, 5) is 4.10. The maximum atomic E-state index is 8.68. The molecule has 0 unspecified atom stereocenters. The maximum absolute atomic E-state index is 8.68. The van der Waals surface area contributed by atoms with Gasteiger partial charge in [-0.3, -0.25) is 9.67 Å². The summed E-state index contributed by atoms with van der Waals surface area (Å²) in [6.45, 7) is 2.46. The van der Waals surface area contributed by atoms with Crippen molar-refractivity contribution < 1.29 is 5.21 Å². The van der Waals surface area contributed by atoms with Crippen LogP contribution in [-0.4, -0.2) is 25.8 Å². The molecule has 6 nitrogen and oxygen atoms in total. The summed E-state index contributed by atoms with van der Waals surface area (Å²) in [5.41, 5.74) is 7.83. The van der Waals surface area contributed by atoms with Crippen LogP contribution < -0.4 is 5.73 Å². The number of nitrogens with zero attached hydrogens (tertiary/aromatic N) is 4. The molecular formula is C11H13N5O. The number of hydrogen-bond donors (Lipinski definition) is 2. The number of pyridine rings is 1. The fourth-order valence-electron chi connectivity index (χ4n) is 1.57. The van der Waals surface area contributed by atoms with E-state index in [2.05, 4.69) is 15.2 Å². The van der Waals surface area contributed by atoms with Crippen LogP contribution in [0.4, 0.5) is 0 Å². The number of aromatic nitrogens is 3. The quantitative estimate of drug-likeness (QED) is 0.352. The highest BCUT2D eigenvalue weighted by molar-refractivity contribution is 5.96. The number of nitrogens with two attached hydrogens (primary N) is 1. The first-order valence-electron chi connectivity index (χ1n) is 5.12. The molecule has 17 heavy (non-hydrogen) atoms. The van der Waals surface area contributed by atoms with Crippen molar-refractivity contribution in [2.75, 3.05) is 0 Å². The minimum atomic E-state index is 0.00415. The van der Waals surface area contributed by atoms with Gasteiger partial charge in [-0.25, -0.2) is 0 Å². The Balaban J connectivity index is 2.32. The second kappa shape index (κ2) is 4.65. The molecule has 2 aromatic heterocycles. The number of aryl methyl sites for hydroxylation is 1. The van der Waals surface area contributed by atoms with Gasteiger partial charge in [0, 0.05) is 18.0 Å². The number of hydrogen-bond acceptors (Lipinski definition) is 4. The lowest BCUT2D eigenvalue weighted by Gasteiger charge is -2.06. The van der Waals surface area contributed by atoms with E-state index in [1.54, 1.807) is 16.9 Å². The molecule has 0 atom stereocenters. The molecule has 0 aliphatic rings. The van der Waals surface area contributed by atoms with E-state index in [0.29, 0.717) is 12.2 Å². The summed E-state index contributed by atoms with van der Waals surface area (Å²) in [7, 11) is 0. The molecule has 2 heterocycles.